The number of halogens is 1. The minimum absolute atomic E-state index is 0.252. The van der Waals surface area contributed by atoms with E-state index in [2.05, 4.69) is 5.32 Å². The average molecular weight is 375 g/mol. The Morgan fingerprint density at radius 3 is 2.59 bits per heavy atom. The molecule has 2 aromatic rings. The lowest BCUT2D eigenvalue weighted by Crippen LogP contribution is -2.50. The van der Waals surface area contributed by atoms with E-state index in [0.29, 0.717) is 30.2 Å². The van der Waals surface area contributed by atoms with E-state index < -0.39 is 11.6 Å². The fourth-order valence-electron chi connectivity index (χ4n) is 3.68. The lowest BCUT2D eigenvalue weighted by atomic mass is 9.77. The highest BCUT2D eigenvalue weighted by Gasteiger charge is 2.44. The Hall–Kier alpha value is -2.15. The lowest BCUT2D eigenvalue weighted by molar-refractivity contribution is 0.0814. The van der Waals surface area contributed by atoms with Crippen LogP contribution in [0.5, 0.6) is 11.5 Å². The number of rotatable bonds is 7. The summed E-state index contributed by atoms with van der Waals surface area (Å²) < 4.78 is 30.8. The van der Waals surface area contributed by atoms with E-state index in [-0.39, 0.29) is 18.3 Å². The molecule has 146 valence electrons. The first-order valence-electron chi connectivity index (χ1n) is 8.96. The quantitative estimate of drug-likeness (QED) is 0.779. The summed E-state index contributed by atoms with van der Waals surface area (Å²) in [4.78, 5) is 0. The SMILES string of the molecule is COc1ccc(CN[C@](C)(c2ccccc2F)[C@H]2COC[C@H]2O)c(OC)c1. The third-order valence-electron chi connectivity index (χ3n) is 5.37. The highest BCUT2D eigenvalue weighted by atomic mass is 19.1. The number of methoxy groups -OCH3 is 2. The molecule has 1 heterocycles. The molecular formula is C21H26FNO4. The molecule has 0 unspecified atom stereocenters. The molecule has 1 aliphatic heterocycles. The summed E-state index contributed by atoms with van der Waals surface area (Å²) in [5.41, 5.74) is 0.605. The molecule has 5 nitrogen and oxygen atoms in total. The normalized spacial score (nSPS) is 21.7. The highest BCUT2D eigenvalue weighted by molar-refractivity contribution is 5.41. The summed E-state index contributed by atoms with van der Waals surface area (Å²) in [5.74, 6) is 0.792. The fraction of sp³-hybridized carbons (Fsp3) is 0.429. The predicted octanol–water partition coefficient (Wildman–Crippen LogP) is 2.86. The minimum Gasteiger partial charge on any atom is -0.497 e. The van der Waals surface area contributed by atoms with Crippen LogP contribution in [0, 0.1) is 11.7 Å². The first-order chi connectivity index (χ1) is 13.0. The van der Waals surface area contributed by atoms with Crippen molar-refractivity contribution in [3.8, 4) is 11.5 Å². The molecule has 0 amide bonds. The second kappa shape index (κ2) is 8.25. The maximum Gasteiger partial charge on any atom is 0.128 e. The first-order valence-corrected chi connectivity index (χ1v) is 8.96. The van der Waals surface area contributed by atoms with E-state index >= 15 is 0 Å². The highest BCUT2D eigenvalue weighted by Crippen LogP contribution is 2.37. The topological polar surface area (TPSA) is 60.0 Å². The zero-order valence-electron chi connectivity index (χ0n) is 15.9. The van der Waals surface area contributed by atoms with Crippen LogP contribution in [0.4, 0.5) is 4.39 Å². The van der Waals surface area contributed by atoms with Crippen LogP contribution in [0.15, 0.2) is 42.5 Å². The third kappa shape index (κ3) is 3.93. The Labute approximate surface area is 159 Å². The largest absolute Gasteiger partial charge is 0.497 e. The molecule has 2 N–H and O–H groups in total. The van der Waals surface area contributed by atoms with Gasteiger partial charge in [0, 0.05) is 29.7 Å². The zero-order chi connectivity index (χ0) is 19.4. The molecule has 2 aromatic carbocycles. The zero-order valence-corrected chi connectivity index (χ0v) is 15.9. The van der Waals surface area contributed by atoms with Gasteiger partial charge in [-0.15, -0.1) is 0 Å². The van der Waals surface area contributed by atoms with Crippen LogP contribution in [0.2, 0.25) is 0 Å². The van der Waals surface area contributed by atoms with Crippen LogP contribution in [-0.2, 0) is 16.8 Å². The maximum absolute atomic E-state index is 14.6. The van der Waals surface area contributed by atoms with Gasteiger partial charge in [-0.05, 0) is 19.1 Å². The molecule has 6 heteroatoms. The number of benzene rings is 2. The van der Waals surface area contributed by atoms with Crippen LogP contribution in [-0.4, -0.2) is 38.6 Å². The van der Waals surface area contributed by atoms with Crippen LogP contribution in [0.25, 0.3) is 0 Å². The molecule has 0 radical (unpaired) electrons. The van der Waals surface area contributed by atoms with Crippen LogP contribution >= 0.6 is 0 Å². The lowest BCUT2D eigenvalue weighted by Gasteiger charge is -2.38. The number of hydrogen-bond donors (Lipinski definition) is 2. The molecule has 0 aromatic heterocycles. The molecule has 1 aliphatic rings. The van der Waals surface area contributed by atoms with Gasteiger partial charge in [-0.3, -0.25) is 0 Å². The van der Waals surface area contributed by atoms with Crippen molar-refractivity contribution in [2.75, 3.05) is 27.4 Å². The van der Waals surface area contributed by atoms with Gasteiger partial charge >= 0.3 is 0 Å². The van der Waals surface area contributed by atoms with Crippen molar-refractivity contribution >= 4 is 0 Å². The predicted molar refractivity (Wildman–Crippen MR) is 100 cm³/mol. The molecule has 0 spiro atoms. The Kier molecular flexibility index (Phi) is 5.99. The van der Waals surface area contributed by atoms with Crippen LogP contribution in [0.3, 0.4) is 0 Å². The van der Waals surface area contributed by atoms with Gasteiger partial charge in [0.25, 0.3) is 0 Å². The van der Waals surface area contributed by atoms with Crippen molar-refractivity contribution in [2.45, 2.75) is 25.1 Å². The van der Waals surface area contributed by atoms with E-state index in [1.54, 1.807) is 32.4 Å². The molecule has 1 saturated heterocycles. The maximum atomic E-state index is 14.6. The van der Waals surface area contributed by atoms with E-state index in [9.17, 15) is 9.50 Å². The molecule has 3 atom stereocenters. The number of hydrogen-bond acceptors (Lipinski definition) is 5. The molecule has 0 aliphatic carbocycles. The molecule has 3 rings (SSSR count). The van der Waals surface area contributed by atoms with E-state index in [0.717, 1.165) is 5.56 Å². The van der Waals surface area contributed by atoms with Crippen LogP contribution < -0.4 is 14.8 Å². The third-order valence-corrected chi connectivity index (χ3v) is 5.37. The van der Waals surface area contributed by atoms with Gasteiger partial charge in [0.2, 0.25) is 0 Å². The van der Waals surface area contributed by atoms with Gasteiger partial charge in [0.15, 0.2) is 0 Å². The summed E-state index contributed by atoms with van der Waals surface area (Å²) in [7, 11) is 3.20. The Bertz CT molecular complexity index is 785. The first kappa shape index (κ1) is 19.6. The van der Waals surface area contributed by atoms with Crippen molar-refractivity contribution in [2.24, 2.45) is 5.92 Å². The van der Waals surface area contributed by atoms with Gasteiger partial charge in [0.05, 0.1) is 39.1 Å². The summed E-state index contributed by atoms with van der Waals surface area (Å²) in [6.45, 7) is 2.95. The molecular weight excluding hydrogens is 349 g/mol. The monoisotopic (exact) mass is 375 g/mol. The van der Waals surface area contributed by atoms with Gasteiger partial charge < -0.3 is 24.6 Å². The molecule has 0 saturated carbocycles. The molecule has 0 bridgehead atoms. The Morgan fingerprint density at radius 2 is 1.96 bits per heavy atom. The van der Waals surface area contributed by atoms with Gasteiger partial charge in [-0.1, -0.05) is 24.3 Å². The summed E-state index contributed by atoms with van der Waals surface area (Å²) in [6, 6.07) is 12.2. The summed E-state index contributed by atoms with van der Waals surface area (Å²) in [5, 5.41) is 13.9. The van der Waals surface area contributed by atoms with E-state index in [1.165, 1.54) is 6.07 Å². The van der Waals surface area contributed by atoms with Gasteiger partial charge in [-0.2, -0.15) is 0 Å². The molecule has 1 fully saturated rings. The van der Waals surface area contributed by atoms with Crippen molar-refractivity contribution in [3.05, 3.63) is 59.4 Å². The van der Waals surface area contributed by atoms with Gasteiger partial charge in [0.1, 0.15) is 17.3 Å². The number of ether oxygens (including phenoxy) is 3. The second-order valence-electron chi connectivity index (χ2n) is 6.92. The van der Waals surface area contributed by atoms with E-state index in [1.807, 2.05) is 25.1 Å². The van der Waals surface area contributed by atoms with Crippen molar-refractivity contribution < 1.29 is 23.7 Å². The fourth-order valence-corrected chi connectivity index (χ4v) is 3.68. The van der Waals surface area contributed by atoms with Crippen LogP contribution in [0.1, 0.15) is 18.1 Å². The molecule has 27 heavy (non-hydrogen) atoms. The van der Waals surface area contributed by atoms with Crippen molar-refractivity contribution in [1.82, 2.24) is 5.32 Å². The van der Waals surface area contributed by atoms with E-state index in [4.69, 9.17) is 14.2 Å². The minimum atomic E-state index is -0.813. The summed E-state index contributed by atoms with van der Waals surface area (Å²) >= 11 is 0. The van der Waals surface area contributed by atoms with Gasteiger partial charge in [-0.25, -0.2) is 4.39 Å². The summed E-state index contributed by atoms with van der Waals surface area (Å²) in [6.07, 6.45) is -0.667. The smallest absolute Gasteiger partial charge is 0.128 e. The average Bonchev–Trinajstić information content (AvgIpc) is 3.13. The number of aliphatic hydroxyl groups is 1. The second-order valence-corrected chi connectivity index (χ2v) is 6.92. The number of aliphatic hydroxyl groups excluding tert-OH is 1. The Balaban J connectivity index is 1.92. The van der Waals surface area contributed by atoms with Crippen molar-refractivity contribution in [3.63, 3.8) is 0 Å². The Morgan fingerprint density at radius 1 is 1.19 bits per heavy atom. The van der Waals surface area contributed by atoms with Crippen molar-refractivity contribution in [1.29, 1.82) is 0 Å². The standard InChI is InChI=1S/C21H26FNO4/c1-21(17-12-27-13-19(17)24,16-6-4-5-7-18(16)22)23-11-14-8-9-15(25-2)10-20(14)26-3/h4-10,17,19,23-24H,11-13H2,1-3H3/t17-,19+,21+/m0/s1. The number of nitrogens with one attached hydrogen (secondary N) is 1.